The van der Waals surface area contributed by atoms with Crippen molar-refractivity contribution in [3.8, 4) is 0 Å². The van der Waals surface area contributed by atoms with Gasteiger partial charge in [-0.25, -0.2) is 0 Å². The molecule has 1 aliphatic heterocycles. The van der Waals surface area contributed by atoms with Crippen molar-refractivity contribution in [2.75, 3.05) is 6.54 Å². The molecule has 1 atom stereocenters. The van der Waals surface area contributed by atoms with Crippen LogP contribution in [0.2, 0.25) is 0 Å². The van der Waals surface area contributed by atoms with Crippen molar-refractivity contribution in [3.05, 3.63) is 60.0 Å². The Balaban J connectivity index is 1.44. The number of hydrogen-bond acceptors (Lipinski definition) is 3. The fourth-order valence-electron chi connectivity index (χ4n) is 5.45. The Labute approximate surface area is 194 Å². The second kappa shape index (κ2) is 9.08. The van der Waals surface area contributed by atoms with E-state index in [2.05, 4.69) is 17.4 Å². The molecule has 6 heteroatoms. The average Bonchev–Trinajstić information content (AvgIpc) is 3.38. The highest BCUT2D eigenvalue weighted by molar-refractivity contribution is 6.02. The van der Waals surface area contributed by atoms with Crippen LogP contribution >= 0.6 is 0 Å². The van der Waals surface area contributed by atoms with Crippen molar-refractivity contribution in [2.24, 2.45) is 0 Å². The average molecular weight is 448 g/mol. The zero-order chi connectivity index (χ0) is 22.8. The maximum atomic E-state index is 13.8. The number of hydrogen-bond donors (Lipinski definition) is 1. The van der Waals surface area contributed by atoms with Gasteiger partial charge >= 0.3 is 0 Å². The molecule has 1 aliphatic carbocycles. The van der Waals surface area contributed by atoms with Gasteiger partial charge in [0.1, 0.15) is 11.2 Å². The number of fused-ring (bicyclic) bond motifs is 3. The SMILES string of the molecule is C[C@]1(C(=O)NC2CCCCCCC2)Cn2c(cc3occc32)C(=O)N1CCc1ccccc1. The van der Waals surface area contributed by atoms with E-state index in [0.717, 1.165) is 36.8 Å². The smallest absolute Gasteiger partial charge is 0.271 e. The van der Waals surface area contributed by atoms with Crippen LogP contribution in [0.5, 0.6) is 0 Å². The third-order valence-electron chi connectivity index (χ3n) is 7.45. The molecule has 0 saturated heterocycles. The second-order valence-electron chi connectivity index (χ2n) is 9.77. The van der Waals surface area contributed by atoms with E-state index >= 15 is 0 Å². The summed E-state index contributed by atoms with van der Waals surface area (Å²) >= 11 is 0. The van der Waals surface area contributed by atoms with Gasteiger partial charge in [-0.2, -0.15) is 0 Å². The van der Waals surface area contributed by atoms with Gasteiger partial charge in [0.05, 0.1) is 18.3 Å². The zero-order valence-corrected chi connectivity index (χ0v) is 19.4. The zero-order valence-electron chi connectivity index (χ0n) is 19.4. The summed E-state index contributed by atoms with van der Waals surface area (Å²) in [7, 11) is 0. The van der Waals surface area contributed by atoms with Crippen molar-refractivity contribution < 1.29 is 14.0 Å². The van der Waals surface area contributed by atoms with Crippen LogP contribution in [0.4, 0.5) is 0 Å². The molecule has 33 heavy (non-hydrogen) atoms. The van der Waals surface area contributed by atoms with E-state index < -0.39 is 5.54 Å². The van der Waals surface area contributed by atoms with E-state index in [1.807, 2.05) is 35.8 Å². The highest BCUT2D eigenvalue weighted by Gasteiger charge is 2.48. The standard InChI is InChI=1S/C27H33N3O3/c1-27(26(32)28-21-12-8-3-2-4-9-13-21)19-29-22-15-17-33-24(22)18-23(29)25(31)30(27)16-14-20-10-6-5-7-11-20/h5-7,10-11,15,17-18,21H,2-4,8-9,12-14,16,19H2,1H3,(H,28,32)/t27-/m1/s1. The Morgan fingerprint density at radius 1 is 1.09 bits per heavy atom. The molecule has 0 unspecified atom stereocenters. The van der Waals surface area contributed by atoms with E-state index in [9.17, 15) is 9.59 Å². The molecule has 3 heterocycles. The van der Waals surface area contributed by atoms with Crippen molar-refractivity contribution in [3.63, 3.8) is 0 Å². The number of carbonyl (C=O) groups excluding carboxylic acids is 2. The van der Waals surface area contributed by atoms with Crippen LogP contribution < -0.4 is 5.32 Å². The summed E-state index contributed by atoms with van der Waals surface area (Å²) in [5, 5.41) is 3.34. The molecule has 5 rings (SSSR count). The lowest BCUT2D eigenvalue weighted by Crippen LogP contribution is -2.65. The van der Waals surface area contributed by atoms with Gasteiger partial charge in [0, 0.05) is 24.7 Å². The lowest BCUT2D eigenvalue weighted by molar-refractivity contribution is -0.133. The van der Waals surface area contributed by atoms with Gasteiger partial charge in [-0.05, 0) is 31.7 Å². The van der Waals surface area contributed by atoms with Gasteiger partial charge in [-0.15, -0.1) is 0 Å². The first-order chi connectivity index (χ1) is 16.1. The molecule has 2 aromatic heterocycles. The summed E-state index contributed by atoms with van der Waals surface area (Å²) in [6.07, 6.45) is 10.4. The van der Waals surface area contributed by atoms with Crippen molar-refractivity contribution >= 4 is 22.9 Å². The maximum Gasteiger partial charge on any atom is 0.271 e. The van der Waals surface area contributed by atoms with Gasteiger partial charge in [0.15, 0.2) is 5.58 Å². The predicted octanol–water partition coefficient (Wildman–Crippen LogP) is 4.92. The van der Waals surface area contributed by atoms with Gasteiger partial charge in [-0.3, -0.25) is 9.59 Å². The van der Waals surface area contributed by atoms with Crippen LogP contribution in [0.25, 0.3) is 11.1 Å². The summed E-state index contributed by atoms with van der Waals surface area (Å²) in [6, 6.07) is 14.0. The Bertz CT molecular complexity index is 1120. The molecule has 1 N–H and O–H groups in total. The van der Waals surface area contributed by atoms with Crippen molar-refractivity contribution in [1.82, 2.24) is 14.8 Å². The molecule has 2 aliphatic rings. The summed E-state index contributed by atoms with van der Waals surface area (Å²) < 4.78 is 7.52. The van der Waals surface area contributed by atoms with Crippen LogP contribution in [-0.2, 0) is 17.8 Å². The molecule has 0 spiro atoms. The Morgan fingerprint density at radius 3 is 2.58 bits per heavy atom. The molecule has 1 fully saturated rings. The van der Waals surface area contributed by atoms with E-state index in [4.69, 9.17) is 4.42 Å². The molecular formula is C27H33N3O3. The van der Waals surface area contributed by atoms with Crippen LogP contribution in [-0.4, -0.2) is 39.4 Å². The first kappa shape index (κ1) is 21.8. The van der Waals surface area contributed by atoms with Gasteiger partial charge in [-0.1, -0.05) is 62.4 Å². The monoisotopic (exact) mass is 447 g/mol. The highest BCUT2D eigenvalue weighted by atomic mass is 16.3. The third kappa shape index (κ3) is 4.19. The van der Waals surface area contributed by atoms with Crippen LogP contribution in [0.3, 0.4) is 0 Å². The third-order valence-corrected chi connectivity index (χ3v) is 7.45. The van der Waals surface area contributed by atoms with E-state index in [-0.39, 0.29) is 17.9 Å². The topological polar surface area (TPSA) is 67.5 Å². The van der Waals surface area contributed by atoms with E-state index in [0.29, 0.717) is 30.8 Å². The van der Waals surface area contributed by atoms with Crippen molar-refractivity contribution in [1.29, 1.82) is 0 Å². The molecule has 3 aromatic rings. The Hall–Kier alpha value is -3.02. The number of nitrogens with zero attached hydrogens (tertiary/aromatic N) is 2. The normalized spacial score (nSPS) is 22.1. The number of benzene rings is 1. The number of rotatable bonds is 5. The molecule has 6 nitrogen and oxygen atoms in total. The maximum absolute atomic E-state index is 13.8. The Morgan fingerprint density at radius 2 is 1.82 bits per heavy atom. The van der Waals surface area contributed by atoms with Crippen molar-refractivity contribution in [2.45, 2.75) is 76.4 Å². The summed E-state index contributed by atoms with van der Waals surface area (Å²) in [5.74, 6) is -0.163. The molecule has 0 radical (unpaired) electrons. The predicted molar refractivity (Wildman–Crippen MR) is 128 cm³/mol. The van der Waals surface area contributed by atoms with Gasteiger partial charge in [0.2, 0.25) is 5.91 Å². The largest absolute Gasteiger partial charge is 0.463 e. The minimum Gasteiger partial charge on any atom is -0.463 e. The van der Waals surface area contributed by atoms with Crippen LogP contribution in [0.1, 0.15) is 67.9 Å². The first-order valence-electron chi connectivity index (χ1n) is 12.3. The fraction of sp³-hybridized carbons (Fsp3) is 0.481. The first-order valence-corrected chi connectivity index (χ1v) is 12.3. The minimum atomic E-state index is -0.968. The molecule has 2 amide bonds. The summed E-state index contributed by atoms with van der Waals surface area (Å²) in [4.78, 5) is 29.3. The highest BCUT2D eigenvalue weighted by Crippen LogP contribution is 2.33. The summed E-state index contributed by atoms with van der Waals surface area (Å²) in [5.41, 5.74) is 2.33. The molecule has 174 valence electrons. The van der Waals surface area contributed by atoms with Crippen LogP contribution in [0.15, 0.2) is 53.1 Å². The summed E-state index contributed by atoms with van der Waals surface area (Å²) in [6.45, 7) is 2.83. The quantitative estimate of drug-likeness (QED) is 0.604. The number of amides is 2. The number of aromatic nitrogens is 1. The number of carbonyl (C=O) groups is 2. The van der Waals surface area contributed by atoms with E-state index in [1.165, 1.54) is 19.3 Å². The lowest BCUT2D eigenvalue weighted by atomic mass is 9.91. The van der Waals surface area contributed by atoms with Crippen LogP contribution in [0, 0.1) is 0 Å². The van der Waals surface area contributed by atoms with Gasteiger partial charge in [0.25, 0.3) is 5.91 Å². The van der Waals surface area contributed by atoms with E-state index in [1.54, 1.807) is 17.2 Å². The molecule has 0 bridgehead atoms. The molecular weight excluding hydrogens is 414 g/mol. The number of nitrogens with one attached hydrogen (secondary N) is 1. The Kier molecular flexibility index (Phi) is 6.00. The van der Waals surface area contributed by atoms with Gasteiger partial charge < -0.3 is 19.2 Å². The second-order valence-corrected chi connectivity index (χ2v) is 9.77. The lowest BCUT2D eigenvalue weighted by Gasteiger charge is -2.44. The number of furan rings is 1. The fourth-order valence-corrected chi connectivity index (χ4v) is 5.45. The minimum absolute atomic E-state index is 0.0505. The molecule has 1 aromatic carbocycles. The molecule has 1 saturated carbocycles.